The van der Waals surface area contributed by atoms with Crippen molar-refractivity contribution in [3.8, 4) is 0 Å². The molecule has 21 heavy (non-hydrogen) atoms. The lowest BCUT2D eigenvalue weighted by molar-refractivity contribution is -0.137. The molecule has 0 amide bonds. The van der Waals surface area contributed by atoms with Crippen LogP contribution in [0.2, 0.25) is 0 Å². The molecule has 0 aliphatic carbocycles. The Bertz CT molecular complexity index is 478. The Labute approximate surface area is 123 Å². The highest BCUT2D eigenvalue weighted by molar-refractivity contribution is 5.57. The average molecular weight is 301 g/mol. The summed E-state index contributed by atoms with van der Waals surface area (Å²) in [6.45, 7) is 4.58. The van der Waals surface area contributed by atoms with Crippen LogP contribution in [-0.2, 0) is 12.6 Å². The Balaban J connectivity index is 2.31. The van der Waals surface area contributed by atoms with E-state index in [0.717, 1.165) is 13.1 Å². The van der Waals surface area contributed by atoms with Crippen LogP contribution in [-0.4, -0.2) is 44.2 Å². The van der Waals surface area contributed by atoms with Crippen LogP contribution in [0.15, 0.2) is 18.2 Å². The van der Waals surface area contributed by atoms with Crippen LogP contribution in [0.3, 0.4) is 0 Å². The number of nitrogens with two attached hydrogens (primary N) is 1. The van der Waals surface area contributed by atoms with Gasteiger partial charge in [-0.15, -0.1) is 0 Å². The maximum absolute atomic E-state index is 13.3. The molecular formula is C15H22F3N3. The average Bonchev–Trinajstić information content (AvgIpc) is 2.38. The first-order chi connectivity index (χ1) is 9.77. The number of piperazine rings is 1. The quantitative estimate of drug-likeness (QED) is 0.930. The van der Waals surface area contributed by atoms with Crippen molar-refractivity contribution in [1.82, 2.24) is 4.90 Å². The second kappa shape index (κ2) is 6.23. The summed E-state index contributed by atoms with van der Waals surface area (Å²) in [6, 6.07) is 4.44. The lowest BCUT2D eigenvalue weighted by Crippen LogP contribution is -2.45. The van der Waals surface area contributed by atoms with Gasteiger partial charge in [0.15, 0.2) is 0 Å². The molecule has 1 saturated heterocycles. The largest absolute Gasteiger partial charge is 0.418 e. The summed E-state index contributed by atoms with van der Waals surface area (Å²) >= 11 is 0. The summed E-state index contributed by atoms with van der Waals surface area (Å²) in [5.41, 5.74) is 6.05. The normalized spacial score (nSPS) is 18.9. The van der Waals surface area contributed by atoms with Crippen molar-refractivity contribution in [3.63, 3.8) is 0 Å². The minimum atomic E-state index is -4.34. The molecule has 1 fully saturated rings. The predicted octanol–water partition coefficient (Wildman–Crippen LogP) is 2.35. The third-order valence-corrected chi connectivity index (χ3v) is 3.77. The van der Waals surface area contributed by atoms with Crippen LogP contribution in [0, 0.1) is 0 Å². The molecule has 0 saturated carbocycles. The lowest BCUT2D eigenvalue weighted by atomic mass is 10.0. The Hall–Kier alpha value is -1.27. The number of halogens is 3. The van der Waals surface area contributed by atoms with E-state index in [9.17, 15) is 13.2 Å². The fourth-order valence-corrected chi connectivity index (χ4v) is 2.63. The Morgan fingerprint density at radius 1 is 1.19 bits per heavy atom. The van der Waals surface area contributed by atoms with Gasteiger partial charge in [-0.1, -0.05) is 6.07 Å². The van der Waals surface area contributed by atoms with Crippen molar-refractivity contribution in [2.24, 2.45) is 5.73 Å². The highest BCUT2D eigenvalue weighted by Gasteiger charge is 2.35. The molecule has 1 aromatic rings. The second-order valence-electron chi connectivity index (χ2n) is 5.82. The molecule has 1 heterocycles. The van der Waals surface area contributed by atoms with Crippen LogP contribution >= 0.6 is 0 Å². The van der Waals surface area contributed by atoms with Gasteiger partial charge in [0.1, 0.15) is 0 Å². The zero-order chi connectivity index (χ0) is 15.6. The van der Waals surface area contributed by atoms with Crippen molar-refractivity contribution in [2.75, 3.05) is 38.1 Å². The van der Waals surface area contributed by atoms with Gasteiger partial charge in [0.05, 0.1) is 5.56 Å². The molecule has 6 heteroatoms. The zero-order valence-electron chi connectivity index (χ0n) is 12.5. The Morgan fingerprint density at radius 3 is 2.33 bits per heavy atom. The van der Waals surface area contributed by atoms with Gasteiger partial charge in [-0.05, 0) is 38.1 Å². The van der Waals surface area contributed by atoms with Crippen LogP contribution in [0.4, 0.5) is 18.9 Å². The van der Waals surface area contributed by atoms with E-state index < -0.39 is 11.7 Å². The van der Waals surface area contributed by atoms with E-state index in [4.69, 9.17) is 5.73 Å². The van der Waals surface area contributed by atoms with Crippen LogP contribution in [0.5, 0.6) is 0 Å². The van der Waals surface area contributed by atoms with E-state index in [2.05, 4.69) is 4.90 Å². The van der Waals surface area contributed by atoms with Crippen molar-refractivity contribution in [1.29, 1.82) is 0 Å². The van der Waals surface area contributed by atoms with Crippen LogP contribution < -0.4 is 10.6 Å². The number of benzene rings is 1. The molecule has 1 atom stereocenters. The molecule has 3 nitrogen and oxygen atoms in total. The molecular weight excluding hydrogens is 279 g/mol. The van der Waals surface area contributed by atoms with E-state index in [1.807, 2.05) is 11.9 Å². The number of hydrogen-bond acceptors (Lipinski definition) is 3. The van der Waals surface area contributed by atoms with Crippen molar-refractivity contribution < 1.29 is 13.2 Å². The van der Waals surface area contributed by atoms with Gasteiger partial charge in [0, 0.05) is 37.9 Å². The standard InChI is InChI=1S/C15H22F3N3/c1-11(19)9-12-3-4-14(13(10-12)15(16,17)18)21-7-5-20(2)6-8-21/h3-4,10-11H,5-9,19H2,1-2H3. The first-order valence-corrected chi connectivity index (χ1v) is 7.16. The van der Waals surface area contributed by atoms with E-state index in [1.165, 1.54) is 6.07 Å². The van der Waals surface area contributed by atoms with E-state index >= 15 is 0 Å². The minimum Gasteiger partial charge on any atom is -0.368 e. The maximum atomic E-state index is 13.3. The number of hydrogen-bond donors (Lipinski definition) is 1. The molecule has 0 bridgehead atoms. The molecule has 0 radical (unpaired) electrons. The summed E-state index contributed by atoms with van der Waals surface area (Å²) in [5.74, 6) is 0. The number of likely N-dealkylation sites (N-methyl/N-ethyl adjacent to an activating group) is 1. The van der Waals surface area contributed by atoms with Crippen LogP contribution in [0.1, 0.15) is 18.1 Å². The number of anilines is 1. The van der Waals surface area contributed by atoms with Gasteiger partial charge < -0.3 is 15.5 Å². The highest BCUT2D eigenvalue weighted by atomic mass is 19.4. The fourth-order valence-electron chi connectivity index (χ4n) is 2.63. The monoisotopic (exact) mass is 301 g/mol. The predicted molar refractivity (Wildman–Crippen MR) is 78.5 cm³/mol. The van der Waals surface area contributed by atoms with Gasteiger partial charge in [-0.2, -0.15) is 13.2 Å². The highest BCUT2D eigenvalue weighted by Crippen LogP contribution is 2.37. The molecule has 118 valence electrons. The Morgan fingerprint density at radius 2 is 1.81 bits per heavy atom. The zero-order valence-corrected chi connectivity index (χ0v) is 12.5. The SMILES string of the molecule is CC(N)Cc1ccc(N2CCN(C)CC2)c(C(F)(F)F)c1. The third kappa shape index (κ3) is 4.11. The molecule has 2 N–H and O–H groups in total. The first kappa shape index (κ1) is 16.1. The summed E-state index contributed by atoms with van der Waals surface area (Å²) < 4.78 is 40.0. The number of rotatable bonds is 3. The summed E-state index contributed by atoms with van der Waals surface area (Å²) in [4.78, 5) is 3.94. The van der Waals surface area contributed by atoms with Gasteiger partial charge in [0.25, 0.3) is 0 Å². The van der Waals surface area contributed by atoms with Gasteiger partial charge in [0.2, 0.25) is 0 Å². The van der Waals surface area contributed by atoms with Gasteiger partial charge in [-0.3, -0.25) is 0 Å². The van der Waals surface area contributed by atoms with Gasteiger partial charge >= 0.3 is 6.18 Å². The van der Waals surface area contributed by atoms with E-state index in [0.29, 0.717) is 25.1 Å². The van der Waals surface area contributed by atoms with E-state index in [-0.39, 0.29) is 11.7 Å². The maximum Gasteiger partial charge on any atom is 0.418 e. The molecule has 0 spiro atoms. The van der Waals surface area contributed by atoms with Crippen LogP contribution in [0.25, 0.3) is 0 Å². The van der Waals surface area contributed by atoms with E-state index in [1.54, 1.807) is 19.1 Å². The van der Waals surface area contributed by atoms with Crippen molar-refractivity contribution >= 4 is 5.69 Å². The molecule has 2 rings (SSSR count). The molecule has 1 unspecified atom stereocenters. The first-order valence-electron chi connectivity index (χ1n) is 7.16. The lowest BCUT2D eigenvalue weighted by Gasteiger charge is -2.35. The fraction of sp³-hybridized carbons (Fsp3) is 0.600. The van der Waals surface area contributed by atoms with Gasteiger partial charge in [-0.25, -0.2) is 0 Å². The third-order valence-electron chi connectivity index (χ3n) is 3.77. The minimum absolute atomic E-state index is 0.152. The molecule has 0 aromatic heterocycles. The molecule has 1 aliphatic rings. The van der Waals surface area contributed by atoms with Crippen molar-refractivity contribution in [2.45, 2.75) is 25.6 Å². The Kier molecular flexibility index (Phi) is 4.78. The smallest absolute Gasteiger partial charge is 0.368 e. The number of alkyl halides is 3. The number of nitrogens with zero attached hydrogens (tertiary/aromatic N) is 2. The topological polar surface area (TPSA) is 32.5 Å². The van der Waals surface area contributed by atoms with Crippen molar-refractivity contribution in [3.05, 3.63) is 29.3 Å². The summed E-state index contributed by atoms with van der Waals surface area (Å²) in [7, 11) is 1.98. The second-order valence-corrected chi connectivity index (χ2v) is 5.82. The molecule has 1 aromatic carbocycles. The summed E-state index contributed by atoms with van der Waals surface area (Å²) in [6.07, 6.45) is -3.89. The summed E-state index contributed by atoms with van der Waals surface area (Å²) in [5, 5.41) is 0. The molecule has 1 aliphatic heterocycles.